The molecule has 2 rings (SSSR count). The Hall–Kier alpha value is -1.05. The smallest absolute Gasteiger partial charge is 0.123 e. The first-order valence-corrected chi connectivity index (χ1v) is 5.19. The molecule has 1 heterocycles. The van der Waals surface area contributed by atoms with Crippen molar-refractivity contribution in [3.8, 4) is 5.75 Å². The first kappa shape index (κ1) is 11.0. The second kappa shape index (κ2) is 4.99. The molecule has 1 aromatic carbocycles. The minimum absolute atomic E-state index is 0.175. The number of halogens is 1. The van der Waals surface area contributed by atoms with E-state index in [9.17, 15) is 4.39 Å². The highest BCUT2D eigenvalue weighted by Crippen LogP contribution is 2.33. The Labute approximate surface area is 84.9 Å². The Balaban J connectivity index is 0.000000461. The van der Waals surface area contributed by atoms with Gasteiger partial charge in [-0.25, -0.2) is 4.39 Å². The lowest BCUT2D eigenvalue weighted by atomic mass is 9.95. The second-order valence-electron chi connectivity index (χ2n) is 3.22. The Morgan fingerprint density at radius 1 is 1.36 bits per heavy atom. The van der Waals surface area contributed by atoms with Crippen LogP contribution in [0.3, 0.4) is 0 Å². The number of hydrogen-bond donors (Lipinski definition) is 0. The number of ether oxygens (including phenoxy) is 1. The van der Waals surface area contributed by atoms with E-state index in [1.54, 1.807) is 12.1 Å². The summed E-state index contributed by atoms with van der Waals surface area (Å²) in [6.45, 7) is 6.85. The van der Waals surface area contributed by atoms with E-state index in [1.807, 2.05) is 13.8 Å². The molecule has 0 saturated heterocycles. The average molecular weight is 196 g/mol. The fourth-order valence-electron chi connectivity index (χ4n) is 1.54. The van der Waals surface area contributed by atoms with Gasteiger partial charge in [0.05, 0.1) is 6.61 Å². The van der Waals surface area contributed by atoms with Gasteiger partial charge in [-0.1, -0.05) is 20.8 Å². The van der Waals surface area contributed by atoms with Crippen LogP contribution in [0.2, 0.25) is 0 Å². The number of rotatable bonds is 0. The third kappa shape index (κ3) is 2.25. The molecular weight excluding hydrogens is 179 g/mol. The maximum Gasteiger partial charge on any atom is 0.123 e. The van der Waals surface area contributed by atoms with Crippen LogP contribution in [0.4, 0.5) is 4.39 Å². The monoisotopic (exact) mass is 196 g/mol. The van der Waals surface area contributed by atoms with Gasteiger partial charge in [0, 0.05) is 0 Å². The molecule has 0 N–H and O–H groups in total. The molecule has 0 fully saturated rings. The summed E-state index contributed by atoms with van der Waals surface area (Å²) in [5.41, 5.74) is 1.00. The molecule has 0 spiro atoms. The normalized spacial score (nSPS) is 18.7. The van der Waals surface area contributed by atoms with Crippen LogP contribution in [0, 0.1) is 5.82 Å². The third-order valence-electron chi connectivity index (χ3n) is 2.31. The summed E-state index contributed by atoms with van der Waals surface area (Å²) in [6, 6.07) is 4.72. The summed E-state index contributed by atoms with van der Waals surface area (Å²) >= 11 is 0. The zero-order chi connectivity index (χ0) is 10.6. The molecule has 0 aliphatic carbocycles. The summed E-state index contributed by atoms with van der Waals surface area (Å²) in [5, 5.41) is 0. The van der Waals surface area contributed by atoms with Crippen LogP contribution >= 0.6 is 0 Å². The fourth-order valence-corrected chi connectivity index (χ4v) is 1.54. The van der Waals surface area contributed by atoms with Gasteiger partial charge in [0.25, 0.3) is 0 Å². The highest BCUT2D eigenvalue weighted by atomic mass is 19.1. The van der Waals surface area contributed by atoms with Crippen molar-refractivity contribution in [2.45, 2.75) is 33.1 Å². The van der Waals surface area contributed by atoms with Crippen molar-refractivity contribution < 1.29 is 9.13 Å². The quantitative estimate of drug-likeness (QED) is 0.614. The standard InChI is InChI=1S/C10H11FO.C2H6/c1-7-4-5-12-10-3-2-8(11)6-9(7)10;1-2/h2-3,6-7H,4-5H2,1H3;1-2H3/t7-;/m0./s1. The van der Waals surface area contributed by atoms with E-state index in [4.69, 9.17) is 4.74 Å². The van der Waals surface area contributed by atoms with E-state index in [1.165, 1.54) is 6.07 Å². The summed E-state index contributed by atoms with van der Waals surface area (Å²) < 4.78 is 18.2. The maximum absolute atomic E-state index is 12.8. The van der Waals surface area contributed by atoms with Crippen LogP contribution in [-0.2, 0) is 0 Å². The van der Waals surface area contributed by atoms with Crippen molar-refractivity contribution in [2.75, 3.05) is 6.61 Å². The van der Waals surface area contributed by atoms with Crippen LogP contribution in [0.15, 0.2) is 18.2 Å². The topological polar surface area (TPSA) is 9.23 Å². The Morgan fingerprint density at radius 2 is 2.07 bits per heavy atom. The van der Waals surface area contributed by atoms with E-state index < -0.39 is 0 Å². The van der Waals surface area contributed by atoms with Crippen molar-refractivity contribution in [2.24, 2.45) is 0 Å². The fraction of sp³-hybridized carbons (Fsp3) is 0.500. The van der Waals surface area contributed by atoms with Crippen molar-refractivity contribution >= 4 is 0 Å². The van der Waals surface area contributed by atoms with Crippen molar-refractivity contribution in [1.29, 1.82) is 0 Å². The molecule has 0 bridgehead atoms. The first-order chi connectivity index (χ1) is 6.77. The van der Waals surface area contributed by atoms with Crippen molar-refractivity contribution in [1.82, 2.24) is 0 Å². The van der Waals surface area contributed by atoms with Gasteiger partial charge in [0.2, 0.25) is 0 Å². The van der Waals surface area contributed by atoms with Gasteiger partial charge in [0.15, 0.2) is 0 Å². The van der Waals surface area contributed by atoms with Gasteiger partial charge in [-0.2, -0.15) is 0 Å². The molecule has 0 unspecified atom stereocenters. The largest absolute Gasteiger partial charge is 0.493 e. The Kier molecular flexibility index (Phi) is 3.93. The van der Waals surface area contributed by atoms with Gasteiger partial charge in [-0.15, -0.1) is 0 Å². The van der Waals surface area contributed by atoms with Crippen molar-refractivity contribution in [3.05, 3.63) is 29.6 Å². The predicted molar refractivity (Wildman–Crippen MR) is 56.3 cm³/mol. The average Bonchev–Trinajstić information content (AvgIpc) is 2.22. The zero-order valence-electron chi connectivity index (χ0n) is 9.01. The van der Waals surface area contributed by atoms with Crippen LogP contribution in [0.1, 0.15) is 38.7 Å². The molecule has 78 valence electrons. The minimum Gasteiger partial charge on any atom is -0.493 e. The van der Waals surface area contributed by atoms with Crippen LogP contribution < -0.4 is 4.74 Å². The molecule has 0 saturated carbocycles. The zero-order valence-corrected chi connectivity index (χ0v) is 9.01. The third-order valence-corrected chi connectivity index (χ3v) is 2.31. The Morgan fingerprint density at radius 3 is 2.79 bits per heavy atom. The van der Waals surface area contributed by atoms with Crippen LogP contribution in [0.5, 0.6) is 5.75 Å². The number of hydrogen-bond acceptors (Lipinski definition) is 1. The van der Waals surface area contributed by atoms with Gasteiger partial charge >= 0.3 is 0 Å². The molecule has 0 aromatic heterocycles. The highest BCUT2D eigenvalue weighted by Gasteiger charge is 2.17. The molecule has 1 nitrogen and oxygen atoms in total. The molecule has 1 aromatic rings. The molecule has 0 radical (unpaired) electrons. The summed E-state index contributed by atoms with van der Waals surface area (Å²) in [7, 11) is 0. The highest BCUT2D eigenvalue weighted by molar-refractivity contribution is 5.37. The summed E-state index contributed by atoms with van der Waals surface area (Å²) in [5.74, 6) is 1.09. The minimum atomic E-state index is -0.175. The summed E-state index contributed by atoms with van der Waals surface area (Å²) in [6.07, 6.45) is 0.983. The van der Waals surface area contributed by atoms with E-state index in [0.717, 1.165) is 24.3 Å². The van der Waals surface area contributed by atoms with E-state index >= 15 is 0 Å². The molecule has 0 amide bonds. The molecule has 1 aliphatic rings. The van der Waals surface area contributed by atoms with Gasteiger partial charge in [-0.05, 0) is 36.1 Å². The lowest BCUT2D eigenvalue weighted by molar-refractivity contribution is 0.271. The first-order valence-electron chi connectivity index (χ1n) is 5.19. The molecule has 1 aliphatic heterocycles. The molecule has 14 heavy (non-hydrogen) atoms. The van der Waals surface area contributed by atoms with Crippen molar-refractivity contribution in [3.63, 3.8) is 0 Å². The Bertz CT molecular complexity index is 296. The van der Waals surface area contributed by atoms with Crippen LogP contribution in [0.25, 0.3) is 0 Å². The maximum atomic E-state index is 12.8. The SMILES string of the molecule is CC.C[C@H]1CCOc2ccc(F)cc21. The molecule has 1 atom stereocenters. The molecule has 2 heteroatoms. The molecular formula is C12H17FO. The second-order valence-corrected chi connectivity index (χ2v) is 3.22. The van der Waals surface area contributed by atoms with Gasteiger partial charge < -0.3 is 4.74 Å². The van der Waals surface area contributed by atoms with Gasteiger partial charge in [0.1, 0.15) is 11.6 Å². The number of fused-ring (bicyclic) bond motifs is 1. The predicted octanol–water partition coefficient (Wildman–Crippen LogP) is 3.74. The lowest BCUT2D eigenvalue weighted by Crippen LogP contribution is -2.11. The number of benzene rings is 1. The van der Waals surface area contributed by atoms with Gasteiger partial charge in [-0.3, -0.25) is 0 Å². The van der Waals surface area contributed by atoms with E-state index in [0.29, 0.717) is 5.92 Å². The van der Waals surface area contributed by atoms with Crippen LogP contribution in [-0.4, -0.2) is 6.61 Å². The summed E-state index contributed by atoms with van der Waals surface area (Å²) in [4.78, 5) is 0. The lowest BCUT2D eigenvalue weighted by Gasteiger charge is -2.22. The van der Waals surface area contributed by atoms with E-state index in [-0.39, 0.29) is 5.82 Å². The van der Waals surface area contributed by atoms with E-state index in [2.05, 4.69) is 6.92 Å².